The van der Waals surface area contributed by atoms with Crippen molar-refractivity contribution in [3.8, 4) is 0 Å². The third-order valence-electron chi connectivity index (χ3n) is 4.95. The Hall–Kier alpha value is -0.940. The third kappa shape index (κ3) is 3.38. The molecule has 0 aromatic carbocycles. The molecule has 2 N–H and O–H groups in total. The van der Waals surface area contributed by atoms with Gasteiger partial charge in [-0.1, -0.05) is 6.92 Å². The van der Waals surface area contributed by atoms with Crippen LogP contribution in [0.1, 0.15) is 44.3 Å². The third-order valence-corrected chi connectivity index (χ3v) is 4.95. The van der Waals surface area contributed by atoms with E-state index in [1.165, 1.54) is 51.9 Å². The minimum atomic E-state index is 0.911. The zero-order chi connectivity index (χ0) is 13.8. The molecule has 2 fully saturated rings. The van der Waals surface area contributed by atoms with E-state index < -0.39 is 0 Å². The van der Waals surface area contributed by atoms with Gasteiger partial charge in [0, 0.05) is 6.42 Å². The van der Waals surface area contributed by atoms with Crippen molar-refractivity contribution in [2.45, 2.75) is 45.6 Å². The van der Waals surface area contributed by atoms with E-state index in [2.05, 4.69) is 32.3 Å². The van der Waals surface area contributed by atoms with E-state index in [0.717, 1.165) is 36.5 Å². The maximum absolute atomic E-state index is 4.52. The van der Waals surface area contributed by atoms with Crippen LogP contribution in [0.5, 0.6) is 0 Å². The summed E-state index contributed by atoms with van der Waals surface area (Å²) >= 11 is 0. The van der Waals surface area contributed by atoms with Crippen molar-refractivity contribution in [3.63, 3.8) is 0 Å². The van der Waals surface area contributed by atoms with Gasteiger partial charge in [-0.15, -0.1) is 0 Å². The molecule has 0 amide bonds. The molecule has 0 unspecified atom stereocenters. The first kappa shape index (κ1) is 14.0. The second kappa shape index (κ2) is 6.68. The van der Waals surface area contributed by atoms with Crippen LogP contribution in [0.4, 0.5) is 0 Å². The first-order valence-corrected chi connectivity index (χ1v) is 8.18. The molecule has 0 atom stereocenters. The molecule has 1 aromatic rings. The number of hydrogen-bond donors (Lipinski definition) is 2. The minimum Gasteiger partial charge on any atom is -0.317 e. The highest BCUT2D eigenvalue weighted by molar-refractivity contribution is 4.91. The van der Waals surface area contributed by atoms with E-state index in [9.17, 15) is 0 Å². The van der Waals surface area contributed by atoms with Crippen molar-refractivity contribution in [1.82, 2.24) is 25.4 Å². The highest BCUT2D eigenvalue weighted by Crippen LogP contribution is 2.30. The second-order valence-corrected chi connectivity index (χ2v) is 6.25. The Kier molecular flexibility index (Phi) is 4.68. The Morgan fingerprint density at radius 3 is 2.45 bits per heavy atom. The van der Waals surface area contributed by atoms with Crippen LogP contribution in [0.2, 0.25) is 0 Å². The number of likely N-dealkylation sites (tertiary alicyclic amines) is 1. The molecule has 0 aliphatic carbocycles. The smallest absolute Gasteiger partial charge is 0.150 e. The van der Waals surface area contributed by atoms with Gasteiger partial charge in [-0.2, -0.15) is 5.10 Å². The number of nitrogens with zero attached hydrogens (tertiary/aromatic N) is 3. The predicted molar refractivity (Wildman–Crippen MR) is 79.4 cm³/mol. The number of nitrogens with one attached hydrogen (secondary N) is 2. The van der Waals surface area contributed by atoms with Gasteiger partial charge in [0.05, 0.1) is 6.54 Å². The number of aromatic nitrogens is 3. The summed E-state index contributed by atoms with van der Waals surface area (Å²) < 4.78 is 0. The molecular formula is C15H27N5. The molecule has 112 valence electrons. The monoisotopic (exact) mass is 277 g/mol. The molecule has 5 nitrogen and oxygen atoms in total. The Bertz CT molecular complexity index is 402. The lowest BCUT2D eigenvalue weighted by Crippen LogP contribution is -2.39. The SMILES string of the molecule is CCc1n[nH]c(CN2CCC(C3CCNCC3)CC2)n1. The number of piperidine rings is 2. The van der Waals surface area contributed by atoms with E-state index in [4.69, 9.17) is 0 Å². The molecule has 2 aliphatic heterocycles. The summed E-state index contributed by atoms with van der Waals surface area (Å²) in [4.78, 5) is 7.04. The highest BCUT2D eigenvalue weighted by atomic mass is 15.2. The van der Waals surface area contributed by atoms with E-state index in [-0.39, 0.29) is 0 Å². The quantitative estimate of drug-likeness (QED) is 0.877. The first-order valence-electron chi connectivity index (χ1n) is 8.18. The molecule has 3 heterocycles. The largest absolute Gasteiger partial charge is 0.317 e. The normalized spacial score (nSPS) is 23.2. The number of H-pyrrole nitrogens is 1. The Morgan fingerprint density at radius 1 is 1.10 bits per heavy atom. The summed E-state index contributed by atoms with van der Waals surface area (Å²) in [5, 5.41) is 10.8. The number of aromatic amines is 1. The minimum absolute atomic E-state index is 0.911. The van der Waals surface area contributed by atoms with Gasteiger partial charge in [0.1, 0.15) is 11.6 Å². The summed E-state index contributed by atoms with van der Waals surface area (Å²) in [6, 6.07) is 0. The van der Waals surface area contributed by atoms with Crippen LogP contribution < -0.4 is 5.32 Å². The van der Waals surface area contributed by atoms with Crippen LogP contribution in [0, 0.1) is 11.8 Å². The lowest BCUT2D eigenvalue weighted by Gasteiger charge is -2.37. The predicted octanol–water partition coefficient (Wildman–Crippen LogP) is 1.58. The zero-order valence-electron chi connectivity index (χ0n) is 12.6. The van der Waals surface area contributed by atoms with E-state index >= 15 is 0 Å². The number of rotatable bonds is 4. The topological polar surface area (TPSA) is 56.8 Å². The zero-order valence-corrected chi connectivity index (χ0v) is 12.6. The molecule has 0 spiro atoms. The van der Waals surface area contributed by atoms with Crippen LogP contribution in [-0.4, -0.2) is 46.3 Å². The molecule has 2 aliphatic rings. The average Bonchev–Trinajstić information content (AvgIpc) is 2.97. The van der Waals surface area contributed by atoms with Crippen LogP contribution in [0.25, 0.3) is 0 Å². The lowest BCUT2D eigenvalue weighted by molar-refractivity contribution is 0.124. The van der Waals surface area contributed by atoms with Crippen molar-refractivity contribution < 1.29 is 0 Å². The van der Waals surface area contributed by atoms with Crippen LogP contribution >= 0.6 is 0 Å². The van der Waals surface area contributed by atoms with Gasteiger partial charge in [0.15, 0.2) is 0 Å². The lowest BCUT2D eigenvalue weighted by atomic mass is 9.79. The molecule has 0 saturated carbocycles. The summed E-state index contributed by atoms with van der Waals surface area (Å²) in [5.41, 5.74) is 0. The first-order chi connectivity index (χ1) is 9.85. The molecule has 0 bridgehead atoms. The maximum atomic E-state index is 4.52. The fraction of sp³-hybridized carbons (Fsp3) is 0.867. The van der Waals surface area contributed by atoms with Gasteiger partial charge in [-0.05, 0) is 63.7 Å². The van der Waals surface area contributed by atoms with Gasteiger partial charge in [-0.25, -0.2) is 4.98 Å². The van der Waals surface area contributed by atoms with Crippen molar-refractivity contribution >= 4 is 0 Å². The van der Waals surface area contributed by atoms with Gasteiger partial charge >= 0.3 is 0 Å². The van der Waals surface area contributed by atoms with Gasteiger partial charge in [0.25, 0.3) is 0 Å². The van der Waals surface area contributed by atoms with E-state index in [1.54, 1.807) is 0 Å². The second-order valence-electron chi connectivity index (χ2n) is 6.25. The molecule has 20 heavy (non-hydrogen) atoms. The van der Waals surface area contributed by atoms with Crippen LogP contribution in [0.15, 0.2) is 0 Å². The number of aryl methyl sites for hydroxylation is 1. The van der Waals surface area contributed by atoms with Gasteiger partial charge in [-0.3, -0.25) is 10.00 Å². The Morgan fingerprint density at radius 2 is 1.80 bits per heavy atom. The van der Waals surface area contributed by atoms with Gasteiger partial charge < -0.3 is 5.32 Å². The maximum Gasteiger partial charge on any atom is 0.150 e. The molecule has 2 saturated heterocycles. The van der Waals surface area contributed by atoms with Crippen molar-refractivity contribution in [3.05, 3.63) is 11.6 Å². The Balaban J connectivity index is 1.45. The molecule has 5 heteroatoms. The summed E-state index contributed by atoms with van der Waals surface area (Å²) in [6.07, 6.45) is 6.40. The average molecular weight is 277 g/mol. The fourth-order valence-corrected chi connectivity index (χ4v) is 3.67. The fourth-order valence-electron chi connectivity index (χ4n) is 3.67. The van der Waals surface area contributed by atoms with Crippen LogP contribution in [-0.2, 0) is 13.0 Å². The number of hydrogen-bond acceptors (Lipinski definition) is 4. The van der Waals surface area contributed by atoms with Crippen LogP contribution in [0.3, 0.4) is 0 Å². The van der Waals surface area contributed by atoms with E-state index in [1.807, 2.05) is 0 Å². The van der Waals surface area contributed by atoms with Crippen molar-refractivity contribution in [2.75, 3.05) is 26.2 Å². The van der Waals surface area contributed by atoms with Crippen molar-refractivity contribution in [2.24, 2.45) is 11.8 Å². The summed E-state index contributed by atoms with van der Waals surface area (Å²) in [7, 11) is 0. The van der Waals surface area contributed by atoms with E-state index in [0.29, 0.717) is 0 Å². The molecule has 0 radical (unpaired) electrons. The molecule has 3 rings (SSSR count). The summed E-state index contributed by atoms with van der Waals surface area (Å²) in [5.74, 6) is 3.89. The van der Waals surface area contributed by atoms with Gasteiger partial charge in [0.2, 0.25) is 0 Å². The molecular weight excluding hydrogens is 250 g/mol. The Labute approximate surface area is 121 Å². The van der Waals surface area contributed by atoms with Crippen molar-refractivity contribution in [1.29, 1.82) is 0 Å². The molecule has 1 aromatic heterocycles. The highest BCUT2D eigenvalue weighted by Gasteiger charge is 2.27. The standard InChI is InChI=1S/C15H27N5/c1-2-14-17-15(19-18-14)11-20-9-5-13(6-10-20)12-3-7-16-8-4-12/h12-13,16H,2-11H2,1H3,(H,17,18,19). The summed E-state index contributed by atoms with van der Waals surface area (Å²) in [6.45, 7) is 7.92.